The van der Waals surface area contributed by atoms with Crippen LogP contribution in [0.1, 0.15) is 17.5 Å². The van der Waals surface area contributed by atoms with Gasteiger partial charge in [0.1, 0.15) is 5.82 Å². The minimum absolute atomic E-state index is 0.0662. The van der Waals surface area contributed by atoms with Gasteiger partial charge in [-0.3, -0.25) is 4.79 Å². The number of aromatic nitrogens is 1. The molecule has 0 saturated heterocycles. The molecule has 1 aromatic heterocycles. The number of aryl methyl sites for hydroxylation is 2. The molecule has 1 N–H and O–H groups in total. The lowest BCUT2D eigenvalue weighted by atomic mass is 10.0. The van der Waals surface area contributed by atoms with Crippen LogP contribution in [0.2, 0.25) is 0 Å². The van der Waals surface area contributed by atoms with Crippen LogP contribution in [0.25, 0.3) is 22.0 Å². The summed E-state index contributed by atoms with van der Waals surface area (Å²) in [4.78, 5) is 11.1. The van der Waals surface area contributed by atoms with E-state index in [4.69, 9.17) is 5.11 Å². The zero-order chi connectivity index (χ0) is 22.2. The van der Waals surface area contributed by atoms with Gasteiger partial charge in [-0.25, -0.2) is 16.8 Å². The standard InChI is InChI=1S/C24H20FNO4S/c1-16-9-10-18(14-22(16)25)17-5-4-6-20(13-17)31(29,30)26-15-19(11-12-24(27)28)21-7-2-3-8-23(21)26/h2-10,13-15H,11-12H2,1H3,(H,27,28). The minimum Gasteiger partial charge on any atom is -0.481 e. The second-order valence-corrected chi connectivity index (χ2v) is 9.17. The number of aliphatic carboxylic acids is 1. The highest BCUT2D eigenvalue weighted by atomic mass is 32.2. The summed E-state index contributed by atoms with van der Waals surface area (Å²) in [7, 11) is -3.96. The van der Waals surface area contributed by atoms with E-state index in [9.17, 15) is 17.6 Å². The number of carboxylic acid groups (broad SMARTS) is 1. The largest absolute Gasteiger partial charge is 0.481 e. The van der Waals surface area contributed by atoms with Gasteiger partial charge in [0.05, 0.1) is 10.4 Å². The van der Waals surface area contributed by atoms with Crippen molar-refractivity contribution in [2.75, 3.05) is 0 Å². The lowest BCUT2D eigenvalue weighted by Crippen LogP contribution is -2.12. The lowest BCUT2D eigenvalue weighted by Gasteiger charge is -2.10. The van der Waals surface area contributed by atoms with E-state index in [2.05, 4.69) is 0 Å². The molecule has 0 saturated carbocycles. The maximum atomic E-state index is 14.0. The molecule has 0 bridgehead atoms. The van der Waals surface area contributed by atoms with E-state index < -0.39 is 16.0 Å². The van der Waals surface area contributed by atoms with Crippen LogP contribution in [-0.2, 0) is 21.2 Å². The first-order valence-corrected chi connectivity index (χ1v) is 11.1. The number of hydrogen-bond acceptors (Lipinski definition) is 3. The molecule has 4 aromatic rings. The summed E-state index contributed by atoms with van der Waals surface area (Å²) in [5.41, 5.74) is 2.82. The molecular weight excluding hydrogens is 417 g/mol. The summed E-state index contributed by atoms with van der Waals surface area (Å²) in [5, 5.41) is 9.71. The van der Waals surface area contributed by atoms with Gasteiger partial charge in [0.2, 0.25) is 0 Å². The number of hydrogen-bond donors (Lipinski definition) is 1. The molecular formula is C24H20FNO4S. The molecule has 3 aromatic carbocycles. The second-order valence-electron chi connectivity index (χ2n) is 7.36. The van der Waals surface area contributed by atoms with Crippen LogP contribution in [-0.4, -0.2) is 23.5 Å². The van der Waals surface area contributed by atoms with Gasteiger partial charge < -0.3 is 5.11 Å². The number of carbonyl (C=O) groups is 1. The Kier molecular flexibility index (Phi) is 5.37. The summed E-state index contributed by atoms with van der Waals surface area (Å²) in [6.45, 7) is 1.67. The van der Waals surface area contributed by atoms with E-state index in [1.165, 1.54) is 28.4 Å². The van der Waals surface area contributed by atoms with E-state index in [1.807, 2.05) is 0 Å². The molecule has 0 aliphatic carbocycles. The predicted molar refractivity (Wildman–Crippen MR) is 117 cm³/mol. The van der Waals surface area contributed by atoms with Gasteiger partial charge in [-0.2, -0.15) is 0 Å². The number of nitrogens with zero attached hydrogens (tertiary/aromatic N) is 1. The topological polar surface area (TPSA) is 76.4 Å². The number of rotatable bonds is 6. The van der Waals surface area contributed by atoms with Crippen molar-refractivity contribution in [2.45, 2.75) is 24.7 Å². The van der Waals surface area contributed by atoms with Crippen LogP contribution in [0, 0.1) is 12.7 Å². The fourth-order valence-electron chi connectivity index (χ4n) is 3.58. The summed E-state index contributed by atoms with van der Waals surface area (Å²) >= 11 is 0. The van der Waals surface area contributed by atoms with Gasteiger partial charge in [0.15, 0.2) is 0 Å². The monoisotopic (exact) mass is 437 g/mol. The predicted octanol–water partition coefficient (Wildman–Crippen LogP) is 5.01. The van der Waals surface area contributed by atoms with Gasteiger partial charge in [-0.1, -0.05) is 42.5 Å². The molecule has 0 aliphatic rings. The highest BCUT2D eigenvalue weighted by molar-refractivity contribution is 7.90. The Morgan fingerprint density at radius 2 is 1.74 bits per heavy atom. The average molecular weight is 437 g/mol. The first kappa shape index (κ1) is 20.8. The van der Waals surface area contributed by atoms with Crippen LogP contribution in [0.5, 0.6) is 0 Å². The van der Waals surface area contributed by atoms with Gasteiger partial charge in [0, 0.05) is 18.0 Å². The molecule has 31 heavy (non-hydrogen) atoms. The number of halogens is 1. The second kappa shape index (κ2) is 8.00. The maximum Gasteiger partial charge on any atom is 0.303 e. The summed E-state index contributed by atoms with van der Waals surface area (Å²) in [6.07, 6.45) is 1.62. The molecule has 158 valence electrons. The van der Waals surface area contributed by atoms with Crippen molar-refractivity contribution in [3.8, 4) is 11.1 Å². The minimum atomic E-state index is -3.96. The molecule has 0 aliphatic heterocycles. The zero-order valence-corrected chi connectivity index (χ0v) is 17.6. The smallest absolute Gasteiger partial charge is 0.303 e. The van der Waals surface area contributed by atoms with Gasteiger partial charge in [-0.05, 0) is 59.9 Å². The number of benzene rings is 3. The summed E-state index contributed by atoms with van der Waals surface area (Å²) in [5.74, 6) is -1.30. The van der Waals surface area contributed by atoms with E-state index in [-0.39, 0.29) is 23.6 Å². The fraction of sp³-hybridized carbons (Fsp3) is 0.125. The van der Waals surface area contributed by atoms with Gasteiger partial charge >= 0.3 is 5.97 Å². The van der Waals surface area contributed by atoms with Crippen molar-refractivity contribution < 1.29 is 22.7 Å². The van der Waals surface area contributed by atoms with E-state index >= 15 is 0 Å². The van der Waals surface area contributed by atoms with Gasteiger partial charge in [-0.15, -0.1) is 0 Å². The highest BCUT2D eigenvalue weighted by Crippen LogP contribution is 2.29. The third-order valence-electron chi connectivity index (χ3n) is 5.26. The Hall–Kier alpha value is -3.45. The Bertz CT molecular complexity index is 1410. The van der Waals surface area contributed by atoms with Crippen LogP contribution >= 0.6 is 0 Å². The van der Waals surface area contributed by atoms with E-state index in [0.717, 1.165) is 0 Å². The molecule has 0 amide bonds. The Labute approximate surface area is 179 Å². The lowest BCUT2D eigenvalue weighted by molar-refractivity contribution is -0.136. The number of carboxylic acids is 1. The van der Waals surface area contributed by atoms with Crippen molar-refractivity contribution in [2.24, 2.45) is 0 Å². The van der Waals surface area contributed by atoms with E-state index in [0.29, 0.717) is 33.2 Å². The third-order valence-corrected chi connectivity index (χ3v) is 6.93. The SMILES string of the molecule is Cc1ccc(-c2cccc(S(=O)(=O)n3cc(CCC(=O)O)c4ccccc43)c2)cc1F. The van der Waals surface area contributed by atoms with E-state index in [1.54, 1.807) is 55.5 Å². The molecule has 5 nitrogen and oxygen atoms in total. The average Bonchev–Trinajstić information content (AvgIpc) is 3.14. The summed E-state index contributed by atoms with van der Waals surface area (Å²) < 4.78 is 42.1. The summed E-state index contributed by atoms with van der Waals surface area (Å²) in [6, 6.07) is 18.2. The normalized spacial score (nSPS) is 11.7. The Morgan fingerprint density at radius 1 is 1.00 bits per heavy atom. The van der Waals surface area contributed by atoms with Crippen molar-refractivity contribution in [3.05, 3.63) is 89.9 Å². The molecule has 1 heterocycles. The van der Waals surface area contributed by atoms with Crippen LogP contribution in [0.4, 0.5) is 4.39 Å². The zero-order valence-electron chi connectivity index (χ0n) is 16.7. The quantitative estimate of drug-likeness (QED) is 0.460. The Balaban J connectivity index is 1.81. The van der Waals surface area contributed by atoms with Crippen molar-refractivity contribution in [1.29, 1.82) is 0 Å². The van der Waals surface area contributed by atoms with Crippen LogP contribution < -0.4 is 0 Å². The maximum absolute atomic E-state index is 14.0. The van der Waals surface area contributed by atoms with Crippen LogP contribution in [0.3, 0.4) is 0 Å². The number of fused-ring (bicyclic) bond motifs is 1. The van der Waals surface area contributed by atoms with Crippen molar-refractivity contribution >= 4 is 26.9 Å². The molecule has 7 heteroatoms. The fourth-order valence-corrected chi connectivity index (χ4v) is 5.02. The molecule has 0 atom stereocenters. The highest BCUT2D eigenvalue weighted by Gasteiger charge is 2.22. The van der Waals surface area contributed by atoms with Crippen molar-refractivity contribution in [1.82, 2.24) is 3.97 Å². The molecule has 4 rings (SSSR count). The molecule has 0 spiro atoms. The molecule has 0 unspecified atom stereocenters. The van der Waals surface area contributed by atoms with Crippen molar-refractivity contribution in [3.63, 3.8) is 0 Å². The Morgan fingerprint density at radius 3 is 2.48 bits per heavy atom. The van der Waals surface area contributed by atoms with Crippen LogP contribution in [0.15, 0.2) is 77.8 Å². The first-order valence-electron chi connectivity index (χ1n) is 9.70. The first-order chi connectivity index (χ1) is 14.8. The van der Waals surface area contributed by atoms with Gasteiger partial charge in [0.25, 0.3) is 10.0 Å². The third kappa shape index (κ3) is 3.96. The molecule has 0 radical (unpaired) electrons. The molecule has 0 fully saturated rings. The number of para-hydroxylation sites is 1.